The van der Waals surface area contributed by atoms with Gasteiger partial charge in [0.1, 0.15) is 0 Å². The van der Waals surface area contributed by atoms with Gasteiger partial charge in [0, 0.05) is 0 Å². The maximum absolute atomic E-state index is 12.3. The van der Waals surface area contributed by atoms with Crippen LogP contribution in [0.1, 0.15) is 5.56 Å². The number of rotatable bonds is 3. The minimum Gasteiger partial charge on any atom is -0.398 e. The average Bonchev–Trinajstić information content (AvgIpc) is 2.35. The van der Waals surface area contributed by atoms with E-state index in [0.717, 1.165) is 0 Å². The molecule has 2 N–H and O–H groups in total. The van der Waals surface area contributed by atoms with Crippen molar-refractivity contribution < 1.29 is 8.42 Å². The summed E-state index contributed by atoms with van der Waals surface area (Å²) in [6.45, 7) is 0. The fourth-order valence-corrected chi connectivity index (χ4v) is 3.69. The maximum atomic E-state index is 12.3. The number of hydrogen-bond acceptors (Lipinski definition) is 3. The molecule has 0 unspecified atom stereocenters. The summed E-state index contributed by atoms with van der Waals surface area (Å²) in [5.41, 5.74) is 6.37. The molecule has 6 heteroatoms. The van der Waals surface area contributed by atoms with Gasteiger partial charge in [-0.1, -0.05) is 47.5 Å². The lowest BCUT2D eigenvalue weighted by molar-refractivity contribution is 0.595. The SMILES string of the molecule is Nc1ccccc1S(=O)(=O)Cc1cccc(Cl)c1Cl. The topological polar surface area (TPSA) is 60.2 Å². The smallest absolute Gasteiger partial charge is 0.184 e. The zero-order valence-electron chi connectivity index (χ0n) is 9.81. The first-order valence-electron chi connectivity index (χ1n) is 5.42. The molecule has 100 valence electrons. The van der Waals surface area contributed by atoms with Crippen molar-refractivity contribution in [2.75, 3.05) is 5.73 Å². The van der Waals surface area contributed by atoms with E-state index >= 15 is 0 Å². The number of anilines is 1. The molecular formula is C13H11Cl2NO2S. The summed E-state index contributed by atoms with van der Waals surface area (Å²) < 4.78 is 24.6. The molecule has 0 saturated carbocycles. The van der Waals surface area contributed by atoms with Crippen LogP contribution in [0.25, 0.3) is 0 Å². The summed E-state index contributed by atoms with van der Waals surface area (Å²) in [6, 6.07) is 11.2. The first-order chi connectivity index (χ1) is 8.92. The number of benzene rings is 2. The van der Waals surface area contributed by atoms with Crippen LogP contribution >= 0.6 is 23.2 Å². The molecule has 19 heavy (non-hydrogen) atoms. The van der Waals surface area contributed by atoms with Crippen molar-refractivity contribution in [3.63, 3.8) is 0 Å². The second-order valence-electron chi connectivity index (χ2n) is 4.01. The second-order valence-corrected chi connectivity index (χ2v) is 6.75. The Hall–Kier alpha value is -1.23. The minimum absolute atomic E-state index is 0.103. The number of hydrogen-bond donors (Lipinski definition) is 1. The molecule has 2 rings (SSSR count). The van der Waals surface area contributed by atoms with Gasteiger partial charge in [0.2, 0.25) is 0 Å². The van der Waals surface area contributed by atoms with Crippen LogP contribution in [0.2, 0.25) is 10.0 Å². The predicted molar refractivity (Wildman–Crippen MR) is 78.2 cm³/mol. The molecule has 0 aliphatic carbocycles. The Balaban J connectivity index is 2.43. The molecule has 0 aliphatic heterocycles. The zero-order valence-corrected chi connectivity index (χ0v) is 12.1. The van der Waals surface area contributed by atoms with Crippen LogP contribution in [0, 0.1) is 0 Å². The predicted octanol–water partition coefficient (Wildman–Crippen LogP) is 3.55. The molecule has 0 atom stereocenters. The molecule has 0 fully saturated rings. The monoisotopic (exact) mass is 315 g/mol. The van der Waals surface area contributed by atoms with Gasteiger partial charge in [0.25, 0.3) is 0 Å². The van der Waals surface area contributed by atoms with Gasteiger partial charge in [0.05, 0.1) is 26.4 Å². The van der Waals surface area contributed by atoms with Crippen molar-refractivity contribution in [2.45, 2.75) is 10.6 Å². The number of nitrogens with two attached hydrogens (primary N) is 1. The summed E-state index contributed by atoms with van der Waals surface area (Å²) >= 11 is 11.9. The Morgan fingerprint density at radius 2 is 1.68 bits per heavy atom. The van der Waals surface area contributed by atoms with Crippen LogP contribution < -0.4 is 5.73 Å². The van der Waals surface area contributed by atoms with Crippen LogP contribution in [0.15, 0.2) is 47.4 Å². The van der Waals surface area contributed by atoms with Crippen molar-refractivity contribution in [3.8, 4) is 0 Å². The van der Waals surface area contributed by atoms with Crippen molar-refractivity contribution >= 4 is 38.7 Å². The Bertz CT molecular complexity index is 714. The molecular weight excluding hydrogens is 305 g/mol. The van der Waals surface area contributed by atoms with E-state index in [0.29, 0.717) is 10.6 Å². The molecule has 0 heterocycles. The summed E-state index contributed by atoms with van der Waals surface area (Å²) in [5, 5.41) is 0.581. The molecule has 0 amide bonds. The van der Waals surface area contributed by atoms with E-state index < -0.39 is 9.84 Å². The fraction of sp³-hybridized carbons (Fsp3) is 0.0769. The van der Waals surface area contributed by atoms with E-state index in [2.05, 4.69) is 0 Å². The Kier molecular flexibility index (Phi) is 4.04. The molecule has 2 aromatic rings. The number of halogens is 2. The normalized spacial score (nSPS) is 11.5. The van der Waals surface area contributed by atoms with Gasteiger partial charge in [0.15, 0.2) is 9.84 Å². The standard InChI is InChI=1S/C13H11Cl2NO2S/c14-10-5-3-4-9(13(10)15)8-19(17,18)12-7-2-1-6-11(12)16/h1-7H,8,16H2. The highest BCUT2D eigenvalue weighted by molar-refractivity contribution is 7.90. The lowest BCUT2D eigenvalue weighted by Gasteiger charge is -2.09. The van der Waals surface area contributed by atoms with E-state index in [1.807, 2.05) is 0 Å². The molecule has 0 aromatic heterocycles. The van der Waals surface area contributed by atoms with E-state index in [1.165, 1.54) is 6.07 Å². The third-order valence-corrected chi connectivity index (χ3v) is 5.22. The van der Waals surface area contributed by atoms with Crippen molar-refractivity contribution in [2.24, 2.45) is 0 Å². The Labute approximate surface area is 121 Å². The van der Waals surface area contributed by atoms with E-state index in [1.54, 1.807) is 36.4 Å². The van der Waals surface area contributed by atoms with Gasteiger partial charge in [-0.3, -0.25) is 0 Å². The quantitative estimate of drug-likeness (QED) is 0.881. The zero-order chi connectivity index (χ0) is 14.0. The lowest BCUT2D eigenvalue weighted by Crippen LogP contribution is -2.08. The van der Waals surface area contributed by atoms with Crippen LogP contribution in [-0.2, 0) is 15.6 Å². The molecule has 2 aromatic carbocycles. The van der Waals surface area contributed by atoms with Crippen LogP contribution in [0.3, 0.4) is 0 Å². The molecule has 0 radical (unpaired) electrons. The first kappa shape index (κ1) is 14.2. The van der Waals surface area contributed by atoms with Crippen LogP contribution in [-0.4, -0.2) is 8.42 Å². The van der Waals surface area contributed by atoms with Gasteiger partial charge in [-0.15, -0.1) is 0 Å². The summed E-state index contributed by atoms with van der Waals surface area (Å²) in [5.74, 6) is -0.236. The molecule has 3 nitrogen and oxygen atoms in total. The lowest BCUT2D eigenvalue weighted by atomic mass is 10.2. The van der Waals surface area contributed by atoms with Crippen LogP contribution in [0.4, 0.5) is 5.69 Å². The van der Waals surface area contributed by atoms with Gasteiger partial charge >= 0.3 is 0 Å². The van der Waals surface area contributed by atoms with Crippen molar-refractivity contribution in [1.29, 1.82) is 0 Å². The van der Waals surface area contributed by atoms with Crippen molar-refractivity contribution in [3.05, 3.63) is 58.1 Å². The van der Waals surface area contributed by atoms with Gasteiger partial charge in [-0.2, -0.15) is 0 Å². The second kappa shape index (κ2) is 5.41. The van der Waals surface area contributed by atoms with E-state index in [-0.39, 0.29) is 21.4 Å². The van der Waals surface area contributed by atoms with E-state index in [9.17, 15) is 8.42 Å². The number of nitrogen functional groups attached to an aromatic ring is 1. The molecule has 0 saturated heterocycles. The third-order valence-electron chi connectivity index (χ3n) is 2.63. The van der Waals surface area contributed by atoms with Gasteiger partial charge in [-0.05, 0) is 23.8 Å². The third kappa shape index (κ3) is 3.03. The molecule has 0 spiro atoms. The highest BCUT2D eigenvalue weighted by atomic mass is 35.5. The number of para-hydroxylation sites is 1. The maximum Gasteiger partial charge on any atom is 0.184 e. The van der Waals surface area contributed by atoms with E-state index in [4.69, 9.17) is 28.9 Å². The molecule has 0 aliphatic rings. The van der Waals surface area contributed by atoms with Gasteiger partial charge in [-0.25, -0.2) is 8.42 Å². The summed E-state index contributed by atoms with van der Waals surface area (Å²) in [7, 11) is -3.55. The van der Waals surface area contributed by atoms with Gasteiger partial charge < -0.3 is 5.73 Å². The first-order valence-corrected chi connectivity index (χ1v) is 7.83. The largest absolute Gasteiger partial charge is 0.398 e. The Morgan fingerprint density at radius 3 is 2.37 bits per heavy atom. The Morgan fingerprint density at radius 1 is 1.00 bits per heavy atom. The summed E-state index contributed by atoms with van der Waals surface area (Å²) in [6.07, 6.45) is 0. The van der Waals surface area contributed by atoms with Crippen LogP contribution in [0.5, 0.6) is 0 Å². The number of sulfone groups is 1. The fourth-order valence-electron chi connectivity index (χ4n) is 1.71. The summed E-state index contributed by atoms with van der Waals surface area (Å²) in [4.78, 5) is 0.103. The highest BCUT2D eigenvalue weighted by Crippen LogP contribution is 2.29. The average molecular weight is 316 g/mol. The molecule has 0 bridgehead atoms. The highest BCUT2D eigenvalue weighted by Gasteiger charge is 2.19. The minimum atomic E-state index is -3.55. The van der Waals surface area contributed by atoms with Crippen molar-refractivity contribution in [1.82, 2.24) is 0 Å².